The lowest BCUT2D eigenvalue weighted by Crippen LogP contribution is -2.45. The van der Waals surface area contributed by atoms with Crippen molar-refractivity contribution >= 4 is 16.7 Å². The highest BCUT2D eigenvalue weighted by atomic mass is 16.3. The second kappa shape index (κ2) is 6.52. The zero-order chi connectivity index (χ0) is 16.5. The van der Waals surface area contributed by atoms with Crippen molar-refractivity contribution in [3.05, 3.63) is 42.2 Å². The van der Waals surface area contributed by atoms with E-state index >= 15 is 0 Å². The first-order chi connectivity index (χ1) is 11.8. The van der Waals surface area contributed by atoms with E-state index in [1.165, 1.54) is 0 Å². The van der Waals surface area contributed by atoms with Gasteiger partial charge in [0.05, 0.1) is 6.10 Å². The first-order valence-corrected chi connectivity index (χ1v) is 9.08. The highest BCUT2D eigenvalue weighted by Crippen LogP contribution is 2.35. The Kier molecular flexibility index (Phi) is 4.23. The maximum atomic E-state index is 13.2. The maximum absolute atomic E-state index is 13.2. The fourth-order valence-corrected chi connectivity index (χ4v) is 4.50. The molecule has 3 atom stereocenters. The molecule has 0 unspecified atom stereocenters. The molecule has 1 amide bonds. The highest BCUT2D eigenvalue weighted by Gasteiger charge is 2.39. The smallest absolute Gasteiger partial charge is 0.273 e. The molecule has 0 spiro atoms. The summed E-state index contributed by atoms with van der Waals surface area (Å²) in [5.41, 5.74) is 0.547. The summed E-state index contributed by atoms with van der Waals surface area (Å²) in [4.78, 5) is 19.6. The van der Waals surface area contributed by atoms with Crippen LogP contribution in [0.2, 0.25) is 0 Å². The molecule has 1 aromatic carbocycles. The van der Waals surface area contributed by atoms with E-state index in [9.17, 15) is 9.90 Å². The number of aromatic nitrogens is 1. The number of nitrogens with zero attached hydrogens (tertiary/aromatic N) is 2. The molecule has 1 saturated carbocycles. The van der Waals surface area contributed by atoms with Crippen LogP contribution in [0.5, 0.6) is 0 Å². The lowest BCUT2D eigenvalue weighted by Gasteiger charge is -2.37. The van der Waals surface area contributed by atoms with Crippen LogP contribution in [-0.4, -0.2) is 39.6 Å². The second-order valence-corrected chi connectivity index (χ2v) is 7.10. The van der Waals surface area contributed by atoms with Gasteiger partial charge in [0.15, 0.2) is 0 Å². The largest absolute Gasteiger partial charge is 0.393 e. The lowest BCUT2D eigenvalue weighted by molar-refractivity contribution is 0.0210. The van der Waals surface area contributed by atoms with Crippen LogP contribution in [0.3, 0.4) is 0 Å². The summed E-state index contributed by atoms with van der Waals surface area (Å²) in [7, 11) is 0. The molecule has 1 aliphatic carbocycles. The first-order valence-electron chi connectivity index (χ1n) is 9.08. The predicted molar refractivity (Wildman–Crippen MR) is 93.8 cm³/mol. The molecular formula is C20H24N2O2. The number of likely N-dealkylation sites (tertiary alicyclic amines) is 1. The Morgan fingerprint density at radius 3 is 2.79 bits per heavy atom. The predicted octanol–water partition coefficient (Wildman–Crippen LogP) is 3.39. The van der Waals surface area contributed by atoms with Gasteiger partial charge in [0.1, 0.15) is 5.69 Å². The Labute approximate surface area is 142 Å². The van der Waals surface area contributed by atoms with E-state index in [1.807, 2.05) is 35.2 Å². The average molecular weight is 324 g/mol. The van der Waals surface area contributed by atoms with Crippen molar-refractivity contribution in [1.82, 2.24) is 9.88 Å². The maximum Gasteiger partial charge on any atom is 0.273 e. The standard InChI is InChI=1S/C20H24N2O2/c23-18-10-4-3-8-16(18)17-9-5-13-22(17)20(24)19-15-7-2-1-6-14(15)11-12-21-19/h1-2,6-7,11-12,16-18,23H,3-5,8-10,13H2/t16-,17+,18-/m0/s1. The summed E-state index contributed by atoms with van der Waals surface area (Å²) in [6.07, 6.45) is 7.63. The topological polar surface area (TPSA) is 53.4 Å². The second-order valence-electron chi connectivity index (χ2n) is 7.10. The van der Waals surface area contributed by atoms with Gasteiger partial charge >= 0.3 is 0 Å². The summed E-state index contributed by atoms with van der Waals surface area (Å²) >= 11 is 0. The minimum atomic E-state index is -0.266. The number of pyridine rings is 1. The molecule has 2 heterocycles. The Balaban J connectivity index is 1.65. The van der Waals surface area contributed by atoms with Crippen LogP contribution in [0.15, 0.2) is 36.5 Å². The minimum absolute atomic E-state index is 0.0204. The number of carbonyl (C=O) groups excluding carboxylic acids is 1. The van der Waals surface area contributed by atoms with Crippen LogP contribution in [-0.2, 0) is 0 Å². The molecule has 1 N–H and O–H groups in total. The van der Waals surface area contributed by atoms with Gasteiger partial charge in [0.25, 0.3) is 5.91 Å². The Morgan fingerprint density at radius 1 is 1.08 bits per heavy atom. The molecule has 24 heavy (non-hydrogen) atoms. The molecule has 2 aliphatic rings. The third-order valence-corrected chi connectivity index (χ3v) is 5.71. The molecule has 2 fully saturated rings. The SMILES string of the molecule is O=C(c1nccc2ccccc12)N1CCC[C@@H]1[C@@H]1CCCC[C@@H]1O. The van der Waals surface area contributed by atoms with Crippen molar-refractivity contribution in [3.8, 4) is 0 Å². The van der Waals surface area contributed by atoms with Crippen molar-refractivity contribution in [1.29, 1.82) is 0 Å². The van der Waals surface area contributed by atoms with Gasteiger partial charge < -0.3 is 10.0 Å². The summed E-state index contributed by atoms with van der Waals surface area (Å²) in [5, 5.41) is 12.4. The number of aliphatic hydroxyl groups is 1. The minimum Gasteiger partial charge on any atom is -0.393 e. The van der Waals surface area contributed by atoms with E-state index in [4.69, 9.17) is 0 Å². The van der Waals surface area contributed by atoms with E-state index in [1.54, 1.807) is 6.20 Å². The van der Waals surface area contributed by atoms with Gasteiger partial charge in [-0.15, -0.1) is 0 Å². The van der Waals surface area contributed by atoms with Gasteiger partial charge in [-0.05, 0) is 37.1 Å². The molecule has 2 aromatic rings. The van der Waals surface area contributed by atoms with Crippen LogP contribution in [0.25, 0.3) is 10.8 Å². The van der Waals surface area contributed by atoms with Crippen LogP contribution in [0.1, 0.15) is 49.0 Å². The van der Waals surface area contributed by atoms with Crippen molar-refractivity contribution in [2.24, 2.45) is 5.92 Å². The van der Waals surface area contributed by atoms with E-state index < -0.39 is 0 Å². The van der Waals surface area contributed by atoms with Crippen molar-refractivity contribution in [2.75, 3.05) is 6.54 Å². The normalized spacial score (nSPS) is 27.5. The summed E-state index contributed by atoms with van der Waals surface area (Å²) in [5.74, 6) is 0.243. The van der Waals surface area contributed by atoms with Gasteiger partial charge in [-0.2, -0.15) is 0 Å². The Bertz CT molecular complexity index is 740. The third kappa shape index (κ3) is 2.69. The average Bonchev–Trinajstić information content (AvgIpc) is 3.10. The van der Waals surface area contributed by atoms with Crippen LogP contribution < -0.4 is 0 Å². The number of amides is 1. The van der Waals surface area contributed by atoms with E-state index in [0.29, 0.717) is 5.69 Å². The van der Waals surface area contributed by atoms with E-state index in [-0.39, 0.29) is 24.0 Å². The zero-order valence-electron chi connectivity index (χ0n) is 13.9. The molecular weight excluding hydrogens is 300 g/mol. The quantitative estimate of drug-likeness (QED) is 0.921. The molecule has 126 valence electrons. The Morgan fingerprint density at radius 2 is 1.92 bits per heavy atom. The van der Waals surface area contributed by atoms with Crippen molar-refractivity contribution < 1.29 is 9.90 Å². The number of aliphatic hydroxyl groups excluding tert-OH is 1. The fraction of sp³-hybridized carbons (Fsp3) is 0.500. The van der Waals surface area contributed by atoms with Crippen LogP contribution >= 0.6 is 0 Å². The Hall–Kier alpha value is -1.94. The summed E-state index contributed by atoms with van der Waals surface area (Å²) < 4.78 is 0. The van der Waals surface area contributed by atoms with Crippen molar-refractivity contribution in [2.45, 2.75) is 50.7 Å². The van der Waals surface area contributed by atoms with E-state index in [2.05, 4.69) is 4.98 Å². The molecule has 4 heteroatoms. The monoisotopic (exact) mass is 324 g/mol. The molecule has 4 rings (SSSR count). The molecule has 4 nitrogen and oxygen atoms in total. The molecule has 1 aromatic heterocycles. The van der Waals surface area contributed by atoms with Crippen molar-refractivity contribution in [3.63, 3.8) is 0 Å². The first kappa shape index (κ1) is 15.6. The van der Waals surface area contributed by atoms with Gasteiger partial charge in [-0.1, -0.05) is 37.1 Å². The van der Waals surface area contributed by atoms with Gasteiger partial charge in [0, 0.05) is 30.1 Å². The van der Waals surface area contributed by atoms with Gasteiger partial charge in [-0.3, -0.25) is 9.78 Å². The van der Waals surface area contributed by atoms with Crippen LogP contribution in [0.4, 0.5) is 0 Å². The van der Waals surface area contributed by atoms with Crippen LogP contribution in [0, 0.1) is 5.92 Å². The number of carbonyl (C=O) groups is 1. The third-order valence-electron chi connectivity index (χ3n) is 5.71. The molecule has 0 bridgehead atoms. The van der Waals surface area contributed by atoms with E-state index in [0.717, 1.165) is 55.8 Å². The summed E-state index contributed by atoms with van der Waals surface area (Å²) in [6, 6.07) is 10.0. The zero-order valence-corrected chi connectivity index (χ0v) is 13.9. The number of fused-ring (bicyclic) bond motifs is 1. The molecule has 1 saturated heterocycles. The summed E-state index contributed by atoms with van der Waals surface area (Å²) in [6.45, 7) is 0.775. The van der Waals surface area contributed by atoms with Gasteiger partial charge in [0.2, 0.25) is 0 Å². The number of hydrogen-bond acceptors (Lipinski definition) is 3. The fourth-order valence-electron chi connectivity index (χ4n) is 4.50. The number of benzene rings is 1. The molecule has 1 aliphatic heterocycles. The number of rotatable bonds is 2. The lowest BCUT2D eigenvalue weighted by atomic mass is 9.80. The molecule has 0 radical (unpaired) electrons. The number of hydrogen-bond donors (Lipinski definition) is 1. The highest BCUT2D eigenvalue weighted by molar-refractivity contribution is 6.05. The van der Waals surface area contributed by atoms with Gasteiger partial charge in [-0.25, -0.2) is 0 Å².